The van der Waals surface area contributed by atoms with Gasteiger partial charge in [0.1, 0.15) is 0 Å². The number of carboxylic acid groups (broad SMARTS) is 1. The van der Waals surface area contributed by atoms with Gasteiger partial charge in [-0.3, -0.25) is 0 Å². The zero-order valence-corrected chi connectivity index (χ0v) is 13.2. The Morgan fingerprint density at radius 3 is 2.62 bits per heavy atom. The zero-order valence-electron chi connectivity index (χ0n) is 12.4. The minimum absolute atomic E-state index is 0.0171. The highest BCUT2D eigenvalue weighted by molar-refractivity contribution is 7.10. The summed E-state index contributed by atoms with van der Waals surface area (Å²) < 4.78 is 0. The first-order valence-electron chi connectivity index (χ1n) is 7.06. The summed E-state index contributed by atoms with van der Waals surface area (Å²) in [4.78, 5) is 11.9. The molecule has 0 saturated heterocycles. The van der Waals surface area contributed by atoms with E-state index in [1.165, 1.54) is 16.9 Å². The number of rotatable bonds is 7. The molecule has 4 heteroatoms. The molecule has 1 aromatic carbocycles. The Kier molecular flexibility index (Phi) is 5.15. The SMILES string of the molecule is CC(C)(CCc1ccccc1)NCc1cc(C(=O)O)cs1. The van der Waals surface area contributed by atoms with Crippen LogP contribution in [0, 0.1) is 0 Å². The van der Waals surface area contributed by atoms with E-state index >= 15 is 0 Å². The first kappa shape index (κ1) is 15.7. The Bertz CT molecular complexity index is 590. The molecule has 0 aliphatic rings. The summed E-state index contributed by atoms with van der Waals surface area (Å²) in [6.07, 6.45) is 2.07. The van der Waals surface area contributed by atoms with Crippen molar-refractivity contribution in [3.8, 4) is 0 Å². The number of aryl methyl sites for hydroxylation is 1. The summed E-state index contributed by atoms with van der Waals surface area (Å²) in [7, 11) is 0. The van der Waals surface area contributed by atoms with Gasteiger partial charge < -0.3 is 10.4 Å². The maximum Gasteiger partial charge on any atom is 0.336 e. The summed E-state index contributed by atoms with van der Waals surface area (Å²) in [5, 5.41) is 14.1. The van der Waals surface area contributed by atoms with E-state index in [0.29, 0.717) is 12.1 Å². The fourth-order valence-corrected chi connectivity index (χ4v) is 2.90. The van der Waals surface area contributed by atoms with Gasteiger partial charge in [-0.05, 0) is 38.3 Å². The molecule has 0 aliphatic heterocycles. The van der Waals surface area contributed by atoms with E-state index in [2.05, 4.69) is 43.4 Å². The smallest absolute Gasteiger partial charge is 0.336 e. The van der Waals surface area contributed by atoms with Crippen LogP contribution in [0.15, 0.2) is 41.8 Å². The number of carboxylic acids is 1. The van der Waals surface area contributed by atoms with Gasteiger partial charge in [0, 0.05) is 22.3 Å². The zero-order chi connectivity index (χ0) is 15.3. The quantitative estimate of drug-likeness (QED) is 0.814. The molecule has 0 atom stereocenters. The minimum atomic E-state index is -0.860. The van der Waals surface area contributed by atoms with Crippen LogP contribution in [-0.4, -0.2) is 16.6 Å². The number of aromatic carboxylic acids is 1. The van der Waals surface area contributed by atoms with Gasteiger partial charge in [-0.2, -0.15) is 0 Å². The van der Waals surface area contributed by atoms with Gasteiger partial charge in [0.05, 0.1) is 5.56 Å². The van der Waals surface area contributed by atoms with Crippen LogP contribution in [0.1, 0.15) is 41.1 Å². The molecule has 21 heavy (non-hydrogen) atoms. The molecule has 1 aromatic heterocycles. The van der Waals surface area contributed by atoms with Gasteiger partial charge in [-0.15, -0.1) is 11.3 Å². The normalized spacial score (nSPS) is 11.5. The summed E-state index contributed by atoms with van der Waals surface area (Å²) in [5.74, 6) is -0.860. The Hall–Kier alpha value is -1.65. The second kappa shape index (κ2) is 6.87. The van der Waals surface area contributed by atoms with Crippen LogP contribution in [0.4, 0.5) is 0 Å². The molecule has 0 bridgehead atoms. The number of nitrogens with one attached hydrogen (secondary N) is 1. The molecule has 2 aromatic rings. The van der Waals surface area contributed by atoms with Crippen LogP contribution < -0.4 is 5.32 Å². The average Bonchev–Trinajstić information content (AvgIpc) is 2.94. The number of carbonyl (C=O) groups is 1. The number of thiophene rings is 1. The van der Waals surface area contributed by atoms with Gasteiger partial charge in [-0.25, -0.2) is 4.79 Å². The fraction of sp³-hybridized carbons (Fsp3) is 0.353. The first-order chi connectivity index (χ1) is 9.96. The lowest BCUT2D eigenvalue weighted by Gasteiger charge is -2.26. The van der Waals surface area contributed by atoms with Crippen molar-refractivity contribution in [1.29, 1.82) is 0 Å². The summed E-state index contributed by atoms with van der Waals surface area (Å²) >= 11 is 1.49. The summed E-state index contributed by atoms with van der Waals surface area (Å²) in [6, 6.07) is 12.2. The maximum atomic E-state index is 10.9. The number of hydrogen-bond donors (Lipinski definition) is 2. The molecular formula is C17H21NO2S. The molecule has 0 spiro atoms. The van der Waals surface area contributed by atoms with Crippen LogP contribution in [0.25, 0.3) is 0 Å². The van der Waals surface area contributed by atoms with Crippen molar-refractivity contribution in [2.45, 2.75) is 38.8 Å². The lowest BCUT2D eigenvalue weighted by Crippen LogP contribution is -2.38. The third-order valence-corrected chi connectivity index (χ3v) is 4.46. The predicted molar refractivity (Wildman–Crippen MR) is 87.0 cm³/mol. The minimum Gasteiger partial charge on any atom is -0.478 e. The number of benzene rings is 1. The predicted octanol–water partition coefficient (Wildman–Crippen LogP) is 3.95. The van der Waals surface area contributed by atoms with Crippen LogP contribution in [0.3, 0.4) is 0 Å². The Balaban J connectivity index is 1.84. The summed E-state index contributed by atoms with van der Waals surface area (Å²) in [6.45, 7) is 5.07. The van der Waals surface area contributed by atoms with Crippen molar-refractivity contribution in [3.63, 3.8) is 0 Å². The fourth-order valence-electron chi connectivity index (χ4n) is 2.10. The molecule has 2 N–H and O–H groups in total. The molecule has 2 rings (SSSR count). The van der Waals surface area contributed by atoms with Crippen molar-refractivity contribution >= 4 is 17.3 Å². The van der Waals surface area contributed by atoms with E-state index in [4.69, 9.17) is 5.11 Å². The van der Waals surface area contributed by atoms with Crippen molar-refractivity contribution in [2.24, 2.45) is 0 Å². The highest BCUT2D eigenvalue weighted by atomic mass is 32.1. The van der Waals surface area contributed by atoms with Crippen LogP contribution in [0.2, 0.25) is 0 Å². The molecule has 3 nitrogen and oxygen atoms in total. The lowest BCUT2D eigenvalue weighted by atomic mass is 9.95. The van der Waals surface area contributed by atoms with Gasteiger partial charge in [0.15, 0.2) is 0 Å². The molecule has 0 fully saturated rings. The molecule has 0 amide bonds. The van der Waals surface area contributed by atoms with E-state index in [0.717, 1.165) is 17.7 Å². The molecule has 112 valence electrons. The Morgan fingerprint density at radius 2 is 2.00 bits per heavy atom. The lowest BCUT2D eigenvalue weighted by molar-refractivity contribution is 0.0697. The maximum absolute atomic E-state index is 10.9. The van der Waals surface area contributed by atoms with Crippen LogP contribution >= 0.6 is 11.3 Å². The van der Waals surface area contributed by atoms with E-state index in [-0.39, 0.29) is 5.54 Å². The Morgan fingerprint density at radius 1 is 1.29 bits per heavy atom. The molecule has 0 radical (unpaired) electrons. The van der Waals surface area contributed by atoms with Crippen LogP contribution in [-0.2, 0) is 13.0 Å². The average molecular weight is 303 g/mol. The third-order valence-electron chi connectivity index (χ3n) is 3.52. The Labute approximate surface area is 129 Å². The highest BCUT2D eigenvalue weighted by Crippen LogP contribution is 2.18. The van der Waals surface area contributed by atoms with E-state index < -0.39 is 5.97 Å². The monoisotopic (exact) mass is 303 g/mol. The highest BCUT2D eigenvalue weighted by Gasteiger charge is 2.17. The summed E-state index contributed by atoms with van der Waals surface area (Å²) in [5.41, 5.74) is 1.74. The van der Waals surface area contributed by atoms with Gasteiger partial charge in [0.2, 0.25) is 0 Å². The van der Waals surface area contributed by atoms with E-state index in [1.54, 1.807) is 11.4 Å². The van der Waals surface area contributed by atoms with Crippen molar-refractivity contribution in [2.75, 3.05) is 0 Å². The van der Waals surface area contributed by atoms with Gasteiger partial charge >= 0.3 is 5.97 Å². The van der Waals surface area contributed by atoms with E-state index in [9.17, 15) is 4.79 Å². The topological polar surface area (TPSA) is 49.3 Å². The second-order valence-corrected chi connectivity index (χ2v) is 6.83. The van der Waals surface area contributed by atoms with Gasteiger partial charge in [0.25, 0.3) is 0 Å². The van der Waals surface area contributed by atoms with E-state index in [1.807, 2.05) is 6.07 Å². The third kappa shape index (κ3) is 4.99. The van der Waals surface area contributed by atoms with Crippen molar-refractivity contribution in [3.05, 3.63) is 57.8 Å². The molecule has 0 aliphatic carbocycles. The molecule has 0 saturated carbocycles. The van der Waals surface area contributed by atoms with Crippen molar-refractivity contribution < 1.29 is 9.90 Å². The largest absolute Gasteiger partial charge is 0.478 e. The number of hydrogen-bond acceptors (Lipinski definition) is 3. The standard InChI is InChI=1S/C17H21NO2S/c1-17(2,9-8-13-6-4-3-5-7-13)18-11-15-10-14(12-21-15)16(19)20/h3-7,10,12,18H,8-9,11H2,1-2H3,(H,19,20). The van der Waals surface area contributed by atoms with Gasteiger partial charge in [-0.1, -0.05) is 30.3 Å². The molecule has 0 unspecified atom stereocenters. The second-order valence-electron chi connectivity index (χ2n) is 5.83. The molecular weight excluding hydrogens is 282 g/mol. The van der Waals surface area contributed by atoms with Crippen LogP contribution in [0.5, 0.6) is 0 Å². The van der Waals surface area contributed by atoms with Crippen molar-refractivity contribution in [1.82, 2.24) is 5.32 Å². The molecule has 1 heterocycles. The first-order valence-corrected chi connectivity index (χ1v) is 7.94.